The number of rotatable bonds is 6. The number of amides is 1. The molecule has 1 aromatic carbocycles. The van der Waals surface area contributed by atoms with Crippen molar-refractivity contribution in [3.05, 3.63) is 23.8 Å². The first kappa shape index (κ1) is 20.1. The van der Waals surface area contributed by atoms with Gasteiger partial charge < -0.3 is 4.74 Å². The standard InChI is InChI=1S/C18H25N3O2S.ClH/c1-3-4-17(22)21(8-7-20-9-11-23-12-10-20)18-19-15-6-5-14(2)13-16(15)24-18;/h5-6,13H,3-4,7-12H2,1-2H3;1H. The molecule has 25 heavy (non-hydrogen) atoms. The highest BCUT2D eigenvalue weighted by atomic mass is 35.5. The summed E-state index contributed by atoms with van der Waals surface area (Å²) in [5, 5.41) is 0.822. The largest absolute Gasteiger partial charge is 0.379 e. The molecule has 138 valence electrons. The first-order valence-electron chi connectivity index (χ1n) is 8.65. The average molecular weight is 384 g/mol. The Hall–Kier alpha value is -1.21. The van der Waals surface area contributed by atoms with E-state index in [0.29, 0.717) is 13.0 Å². The molecule has 1 aliphatic heterocycles. The smallest absolute Gasteiger partial charge is 0.228 e. The molecule has 5 nitrogen and oxygen atoms in total. The lowest BCUT2D eigenvalue weighted by molar-refractivity contribution is -0.118. The molecular formula is C18H26ClN3O2S. The summed E-state index contributed by atoms with van der Waals surface area (Å²) in [6, 6.07) is 6.24. The molecule has 1 aliphatic rings. The highest BCUT2D eigenvalue weighted by Gasteiger charge is 2.20. The number of fused-ring (bicyclic) bond motifs is 1. The fourth-order valence-electron chi connectivity index (χ4n) is 2.88. The van der Waals surface area contributed by atoms with Gasteiger partial charge in [-0.2, -0.15) is 0 Å². The molecule has 0 aliphatic carbocycles. The summed E-state index contributed by atoms with van der Waals surface area (Å²) >= 11 is 1.61. The van der Waals surface area contributed by atoms with Crippen LogP contribution < -0.4 is 4.90 Å². The minimum atomic E-state index is 0. The Kier molecular flexibility index (Phi) is 7.62. The van der Waals surface area contributed by atoms with Crippen LogP contribution in [0.15, 0.2) is 18.2 Å². The van der Waals surface area contributed by atoms with Crippen molar-refractivity contribution in [3.63, 3.8) is 0 Å². The van der Waals surface area contributed by atoms with Gasteiger partial charge in [0.1, 0.15) is 0 Å². The zero-order valence-electron chi connectivity index (χ0n) is 14.9. The lowest BCUT2D eigenvalue weighted by Crippen LogP contribution is -2.43. The number of aromatic nitrogens is 1. The van der Waals surface area contributed by atoms with Gasteiger partial charge in [-0.05, 0) is 31.0 Å². The van der Waals surface area contributed by atoms with Crippen LogP contribution >= 0.6 is 23.7 Å². The molecular weight excluding hydrogens is 358 g/mol. The van der Waals surface area contributed by atoms with Crippen LogP contribution in [0.2, 0.25) is 0 Å². The highest BCUT2D eigenvalue weighted by Crippen LogP contribution is 2.30. The molecule has 1 fully saturated rings. The van der Waals surface area contributed by atoms with Gasteiger partial charge in [0.05, 0.1) is 23.4 Å². The molecule has 1 amide bonds. The third-order valence-electron chi connectivity index (χ3n) is 4.27. The van der Waals surface area contributed by atoms with Crippen molar-refractivity contribution in [3.8, 4) is 0 Å². The van der Waals surface area contributed by atoms with Crippen molar-refractivity contribution in [2.75, 3.05) is 44.3 Å². The minimum absolute atomic E-state index is 0. The number of ether oxygens (including phenoxy) is 1. The average Bonchev–Trinajstić information content (AvgIpc) is 2.99. The van der Waals surface area contributed by atoms with Crippen LogP contribution in [0.4, 0.5) is 5.13 Å². The van der Waals surface area contributed by atoms with E-state index in [4.69, 9.17) is 9.72 Å². The van der Waals surface area contributed by atoms with Crippen LogP contribution in [-0.2, 0) is 9.53 Å². The summed E-state index contributed by atoms with van der Waals surface area (Å²) in [6.07, 6.45) is 1.43. The molecule has 7 heteroatoms. The third kappa shape index (κ3) is 5.14. The van der Waals surface area contributed by atoms with Crippen molar-refractivity contribution in [2.24, 2.45) is 0 Å². The maximum Gasteiger partial charge on any atom is 0.228 e. The van der Waals surface area contributed by atoms with E-state index in [2.05, 4.69) is 24.0 Å². The van der Waals surface area contributed by atoms with Gasteiger partial charge in [0, 0.05) is 32.6 Å². The van der Waals surface area contributed by atoms with E-state index in [-0.39, 0.29) is 18.3 Å². The Morgan fingerprint density at radius 3 is 2.84 bits per heavy atom. The zero-order valence-corrected chi connectivity index (χ0v) is 16.5. The Labute approximate surface area is 159 Å². The van der Waals surface area contributed by atoms with Gasteiger partial charge in [-0.25, -0.2) is 4.98 Å². The second-order valence-corrected chi connectivity index (χ2v) is 7.23. The molecule has 0 unspecified atom stereocenters. The molecule has 3 rings (SSSR count). The first-order valence-corrected chi connectivity index (χ1v) is 9.46. The lowest BCUT2D eigenvalue weighted by Gasteiger charge is -2.29. The van der Waals surface area contributed by atoms with Crippen molar-refractivity contribution >= 4 is 45.0 Å². The monoisotopic (exact) mass is 383 g/mol. The third-order valence-corrected chi connectivity index (χ3v) is 5.31. The van der Waals surface area contributed by atoms with Gasteiger partial charge in [0.25, 0.3) is 0 Å². The number of aryl methyl sites for hydroxylation is 1. The molecule has 0 saturated carbocycles. The number of hydrogen-bond donors (Lipinski definition) is 0. The number of anilines is 1. The van der Waals surface area contributed by atoms with Crippen LogP contribution in [0.5, 0.6) is 0 Å². The zero-order chi connectivity index (χ0) is 16.9. The lowest BCUT2D eigenvalue weighted by atomic mass is 10.2. The minimum Gasteiger partial charge on any atom is -0.379 e. The summed E-state index contributed by atoms with van der Waals surface area (Å²) in [5.41, 5.74) is 2.19. The van der Waals surface area contributed by atoms with E-state index in [0.717, 1.165) is 54.6 Å². The SMILES string of the molecule is CCCC(=O)N(CCN1CCOCC1)c1nc2ccc(C)cc2s1.Cl. The van der Waals surface area contributed by atoms with Crippen LogP contribution in [-0.4, -0.2) is 55.2 Å². The van der Waals surface area contributed by atoms with E-state index >= 15 is 0 Å². The van der Waals surface area contributed by atoms with E-state index in [1.807, 2.05) is 17.9 Å². The molecule has 0 bridgehead atoms. The fourth-order valence-corrected chi connectivity index (χ4v) is 3.98. The summed E-state index contributed by atoms with van der Waals surface area (Å²) in [7, 11) is 0. The topological polar surface area (TPSA) is 45.7 Å². The maximum absolute atomic E-state index is 12.6. The van der Waals surface area contributed by atoms with Gasteiger partial charge in [-0.1, -0.05) is 24.3 Å². The van der Waals surface area contributed by atoms with Crippen LogP contribution in [0.1, 0.15) is 25.3 Å². The number of morpholine rings is 1. The highest BCUT2D eigenvalue weighted by molar-refractivity contribution is 7.22. The predicted octanol–water partition coefficient (Wildman–Crippen LogP) is 3.49. The molecule has 2 heterocycles. The van der Waals surface area contributed by atoms with Crippen LogP contribution in [0, 0.1) is 6.92 Å². The maximum atomic E-state index is 12.6. The number of carbonyl (C=O) groups excluding carboxylic acids is 1. The fraction of sp³-hybridized carbons (Fsp3) is 0.556. The molecule has 0 atom stereocenters. The summed E-state index contributed by atoms with van der Waals surface area (Å²) < 4.78 is 6.54. The Morgan fingerprint density at radius 1 is 1.36 bits per heavy atom. The first-order chi connectivity index (χ1) is 11.7. The van der Waals surface area contributed by atoms with Crippen molar-refractivity contribution in [1.82, 2.24) is 9.88 Å². The van der Waals surface area contributed by atoms with Crippen LogP contribution in [0.3, 0.4) is 0 Å². The Bertz CT molecular complexity index is 701. The van der Waals surface area contributed by atoms with Gasteiger partial charge in [-0.3, -0.25) is 14.6 Å². The second-order valence-electron chi connectivity index (χ2n) is 6.22. The normalized spacial score (nSPS) is 15.1. The van der Waals surface area contributed by atoms with Crippen molar-refractivity contribution < 1.29 is 9.53 Å². The molecule has 0 N–H and O–H groups in total. The van der Waals surface area contributed by atoms with Gasteiger partial charge in [0.2, 0.25) is 5.91 Å². The van der Waals surface area contributed by atoms with Gasteiger partial charge >= 0.3 is 0 Å². The number of benzene rings is 1. The second kappa shape index (κ2) is 9.48. The quantitative estimate of drug-likeness (QED) is 0.766. The number of carbonyl (C=O) groups is 1. The molecule has 2 aromatic rings. The van der Waals surface area contributed by atoms with Crippen molar-refractivity contribution in [2.45, 2.75) is 26.7 Å². The molecule has 1 aromatic heterocycles. The summed E-state index contributed by atoms with van der Waals surface area (Å²) in [4.78, 5) is 21.5. The molecule has 0 radical (unpaired) electrons. The van der Waals surface area contributed by atoms with Gasteiger partial charge in [-0.15, -0.1) is 12.4 Å². The Morgan fingerprint density at radius 2 is 2.12 bits per heavy atom. The summed E-state index contributed by atoms with van der Waals surface area (Å²) in [6.45, 7) is 9.12. The van der Waals surface area contributed by atoms with E-state index < -0.39 is 0 Å². The molecule has 0 spiro atoms. The number of nitrogens with zero attached hydrogens (tertiary/aromatic N) is 3. The number of halogens is 1. The Balaban J connectivity index is 0.00000225. The van der Waals surface area contributed by atoms with Gasteiger partial charge in [0.15, 0.2) is 5.13 Å². The molecule has 1 saturated heterocycles. The predicted molar refractivity (Wildman–Crippen MR) is 106 cm³/mol. The summed E-state index contributed by atoms with van der Waals surface area (Å²) in [5.74, 6) is 0.168. The van der Waals surface area contributed by atoms with E-state index in [1.54, 1.807) is 11.3 Å². The van der Waals surface area contributed by atoms with E-state index in [1.165, 1.54) is 5.56 Å². The van der Waals surface area contributed by atoms with E-state index in [9.17, 15) is 4.79 Å². The number of thiazole rings is 1. The number of hydrogen-bond acceptors (Lipinski definition) is 5. The van der Waals surface area contributed by atoms with Crippen molar-refractivity contribution in [1.29, 1.82) is 0 Å². The van der Waals surface area contributed by atoms with Crippen LogP contribution in [0.25, 0.3) is 10.2 Å².